The highest BCUT2D eigenvalue weighted by molar-refractivity contribution is 9.10. The Bertz CT molecular complexity index is 539. The lowest BCUT2D eigenvalue weighted by atomic mass is 10.1. The minimum atomic E-state index is 0.255. The maximum Gasteiger partial charge on any atom is 0.152 e. The second-order valence-electron chi connectivity index (χ2n) is 4.12. The van der Waals surface area contributed by atoms with Crippen molar-refractivity contribution in [1.82, 2.24) is 0 Å². The number of thiophene rings is 1. The molecule has 0 aliphatic carbocycles. The minimum Gasteiger partial charge on any atom is -0.366 e. The van der Waals surface area contributed by atoms with Gasteiger partial charge in [-0.2, -0.15) is 0 Å². The molecule has 2 nitrogen and oxygen atoms in total. The van der Waals surface area contributed by atoms with Gasteiger partial charge in [-0.05, 0) is 36.6 Å². The van der Waals surface area contributed by atoms with Crippen molar-refractivity contribution in [3.8, 4) is 0 Å². The molecule has 1 atom stereocenters. The Balaban J connectivity index is 2.33. The van der Waals surface area contributed by atoms with E-state index < -0.39 is 0 Å². The first-order valence-electron chi connectivity index (χ1n) is 5.64. The number of aldehydes is 1. The number of halogens is 1. The smallest absolute Gasteiger partial charge is 0.152 e. The van der Waals surface area contributed by atoms with Crippen LogP contribution in [0.25, 0.3) is 0 Å². The van der Waals surface area contributed by atoms with Crippen LogP contribution in [0.1, 0.15) is 28.2 Å². The molecule has 0 saturated carbocycles. The van der Waals surface area contributed by atoms with Gasteiger partial charge in [0.05, 0.1) is 6.04 Å². The van der Waals surface area contributed by atoms with Crippen LogP contribution >= 0.6 is 27.3 Å². The van der Waals surface area contributed by atoms with Gasteiger partial charge in [-0.25, -0.2) is 0 Å². The molecule has 94 valence electrons. The molecular weight excluding hydrogens is 310 g/mol. The topological polar surface area (TPSA) is 20.3 Å². The molecule has 0 radical (unpaired) electrons. The first-order chi connectivity index (χ1) is 8.63. The minimum absolute atomic E-state index is 0.255. The number of carbonyl (C=O) groups excluding carboxylic acids is 1. The van der Waals surface area contributed by atoms with Crippen LogP contribution < -0.4 is 4.90 Å². The highest BCUT2D eigenvalue weighted by Gasteiger charge is 2.16. The van der Waals surface area contributed by atoms with Crippen LogP contribution in [0.4, 0.5) is 5.69 Å². The Morgan fingerprint density at radius 3 is 2.78 bits per heavy atom. The molecular formula is C14H14BrNOS. The van der Waals surface area contributed by atoms with Gasteiger partial charge in [0.15, 0.2) is 6.29 Å². The highest BCUT2D eigenvalue weighted by atomic mass is 79.9. The molecule has 18 heavy (non-hydrogen) atoms. The average Bonchev–Trinajstić information content (AvgIpc) is 2.90. The summed E-state index contributed by atoms with van der Waals surface area (Å²) in [5, 5.41) is 2.07. The molecule has 1 aromatic carbocycles. The number of carbonyl (C=O) groups is 1. The fourth-order valence-electron chi connectivity index (χ4n) is 1.87. The molecule has 2 rings (SSSR count). The number of benzene rings is 1. The summed E-state index contributed by atoms with van der Waals surface area (Å²) in [5.41, 5.74) is 1.66. The van der Waals surface area contributed by atoms with E-state index in [0.717, 1.165) is 16.4 Å². The van der Waals surface area contributed by atoms with E-state index in [-0.39, 0.29) is 6.04 Å². The van der Waals surface area contributed by atoms with Gasteiger partial charge >= 0.3 is 0 Å². The molecule has 0 aliphatic rings. The lowest BCUT2D eigenvalue weighted by molar-refractivity contribution is 0.112. The van der Waals surface area contributed by atoms with Crippen LogP contribution in [0.5, 0.6) is 0 Å². The molecule has 1 unspecified atom stereocenters. The maximum atomic E-state index is 11.1. The predicted octanol–water partition coefficient (Wildman–Crippen LogP) is 4.52. The van der Waals surface area contributed by atoms with Crippen LogP contribution in [0, 0.1) is 0 Å². The molecule has 4 heteroatoms. The van der Waals surface area contributed by atoms with Crippen molar-refractivity contribution < 1.29 is 4.79 Å². The monoisotopic (exact) mass is 323 g/mol. The number of hydrogen-bond donors (Lipinski definition) is 0. The molecule has 2 aromatic rings. The van der Waals surface area contributed by atoms with Gasteiger partial charge in [0.25, 0.3) is 0 Å². The Labute approximate surface area is 119 Å². The van der Waals surface area contributed by atoms with E-state index in [1.807, 2.05) is 31.3 Å². The molecule has 0 N–H and O–H groups in total. The van der Waals surface area contributed by atoms with E-state index in [1.54, 1.807) is 11.3 Å². The Kier molecular flexibility index (Phi) is 4.19. The zero-order valence-corrected chi connectivity index (χ0v) is 12.7. The first-order valence-corrected chi connectivity index (χ1v) is 7.31. The van der Waals surface area contributed by atoms with Crippen molar-refractivity contribution in [1.29, 1.82) is 0 Å². The van der Waals surface area contributed by atoms with E-state index >= 15 is 0 Å². The largest absolute Gasteiger partial charge is 0.366 e. The van der Waals surface area contributed by atoms with Crippen molar-refractivity contribution in [3.63, 3.8) is 0 Å². The summed E-state index contributed by atoms with van der Waals surface area (Å²) < 4.78 is 0.922. The standard InChI is InChI=1S/C14H14BrNOS/c1-10(14-4-3-7-18-14)16(2)13-6-5-12(15)8-11(13)9-17/h3-10H,1-2H3. The van der Waals surface area contributed by atoms with Gasteiger partial charge in [0.1, 0.15) is 0 Å². The summed E-state index contributed by atoms with van der Waals surface area (Å²) in [7, 11) is 2.01. The third-order valence-electron chi connectivity index (χ3n) is 3.03. The fourth-order valence-corrected chi connectivity index (χ4v) is 3.07. The van der Waals surface area contributed by atoms with Crippen molar-refractivity contribution in [3.05, 3.63) is 50.6 Å². The van der Waals surface area contributed by atoms with E-state index in [4.69, 9.17) is 0 Å². The number of nitrogens with zero attached hydrogens (tertiary/aromatic N) is 1. The molecule has 0 fully saturated rings. The van der Waals surface area contributed by atoms with Gasteiger partial charge in [-0.15, -0.1) is 11.3 Å². The van der Waals surface area contributed by atoms with Crippen LogP contribution in [0.2, 0.25) is 0 Å². The summed E-state index contributed by atoms with van der Waals surface area (Å²) in [6, 6.07) is 10.2. The van der Waals surface area contributed by atoms with Gasteiger partial charge in [-0.1, -0.05) is 22.0 Å². The van der Waals surface area contributed by atoms with Crippen LogP contribution in [-0.4, -0.2) is 13.3 Å². The van der Waals surface area contributed by atoms with Crippen LogP contribution in [0.15, 0.2) is 40.2 Å². The molecule has 0 aliphatic heterocycles. The van der Waals surface area contributed by atoms with Gasteiger partial charge in [0.2, 0.25) is 0 Å². The predicted molar refractivity (Wildman–Crippen MR) is 80.7 cm³/mol. The second kappa shape index (κ2) is 5.67. The van der Waals surface area contributed by atoms with Gasteiger partial charge in [-0.3, -0.25) is 4.79 Å². The summed E-state index contributed by atoms with van der Waals surface area (Å²) in [4.78, 5) is 14.6. The Morgan fingerprint density at radius 2 is 2.17 bits per heavy atom. The van der Waals surface area contributed by atoms with Crippen molar-refractivity contribution in [2.24, 2.45) is 0 Å². The van der Waals surface area contributed by atoms with E-state index in [2.05, 4.69) is 39.2 Å². The Hall–Kier alpha value is -1.13. The average molecular weight is 324 g/mol. The molecule has 0 bridgehead atoms. The summed E-state index contributed by atoms with van der Waals surface area (Å²) in [6.45, 7) is 2.14. The quantitative estimate of drug-likeness (QED) is 0.771. The Morgan fingerprint density at radius 1 is 1.39 bits per heavy atom. The first kappa shape index (κ1) is 13.3. The maximum absolute atomic E-state index is 11.1. The van der Waals surface area contributed by atoms with E-state index in [9.17, 15) is 4.79 Å². The zero-order valence-electron chi connectivity index (χ0n) is 10.3. The number of hydrogen-bond acceptors (Lipinski definition) is 3. The van der Waals surface area contributed by atoms with E-state index in [0.29, 0.717) is 5.56 Å². The molecule has 0 saturated heterocycles. The summed E-state index contributed by atoms with van der Waals surface area (Å²) in [5.74, 6) is 0. The summed E-state index contributed by atoms with van der Waals surface area (Å²) in [6.07, 6.45) is 0.901. The number of rotatable bonds is 4. The third kappa shape index (κ3) is 2.65. The fraction of sp³-hybridized carbons (Fsp3) is 0.214. The van der Waals surface area contributed by atoms with E-state index in [1.165, 1.54) is 4.88 Å². The zero-order chi connectivity index (χ0) is 13.1. The second-order valence-corrected chi connectivity index (χ2v) is 6.02. The molecule has 1 aromatic heterocycles. The molecule has 0 amide bonds. The van der Waals surface area contributed by atoms with Gasteiger partial charge < -0.3 is 4.90 Å². The highest BCUT2D eigenvalue weighted by Crippen LogP contribution is 2.31. The van der Waals surface area contributed by atoms with Crippen molar-refractivity contribution >= 4 is 39.2 Å². The lowest BCUT2D eigenvalue weighted by Crippen LogP contribution is -2.22. The SMILES string of the molecule is CC(c1cccs1)N(C)c1ccc(Br)cc1C=O. The van der Waals surface area contributed by atoms with Crippen LogP contribution in [-0.2, 0) is 0 Å². The molecule has 0 spiro atoms. The van der Waals surface area contributed by atoms with Crippen LogP contribution in [0.3, 0.4) is 0 Å². The molecule has 1 heterocycles. The number of anilines is 1. The van der Waals surface area contributed by atoms with Crippen molar-refractivity contribution in [2.75, 3.05) is 11.9 Å². The normalized spacial score (nSPS) is 12.2. The third-order valence-corrected chi connectivity index (χ3v) is 4.57. The van der Waals surface area contributed by atoms with Gasteiger partial charge in [0, 0.05) is 27.6 Å². The summed E-state index contributed by atoms with van der Waals surface area (Å²) >= 11 is 5.12. The van der Waals surface area contributed by atoms with Crippen molar-refractivity contribution in [2.45, 2.75) is 13.0 Å². The lowest BCUT2D eigenvalue weighted by Gasteiger charge is -2.27.